The van der Waals surface area contributed by atoms with Crippen LogP contribution < -0.4 is 15.4 Å². The lowest BCUT2D eigenvalue weighted by Crippen LogP contribution is -2.17. The molecule has 1 saturated carbocycles. The van der Waals surface area contributed by atoms with Crippen molar-refractivity contribution in [2.45, 2.75) is 63.9 Å². The van der Waals surface area contributed by atoms with Crippen molar-refractivity contribution < 1.29 is 41.7 Å². The fourth-order valence-electron chi connectivity index (χ4n) is 5.97. The van der Waals surface area contributed by atoms with Crippen LogP contribution in [0.2, 0.25) is 0 Å². The highest BCUT2D eigenvalue weighted by atomic mass is 31.2. The highest BCUT2D eigenvalue weighted by molar-refractivity contribution is 7.53. The van der Waals surface area contributed by atoms with Gasteiger partial charge < -0.3 is 39.2 Å². The Morgan fingerprint density at radius 1 is 1.04 bits per heavy atom. The van der Waals surface area contributed by atoms with Gasteiger partial charge in [-0.2, -0.15) is 18.2 Å². The van der Waals surface area contributed by atoms with Crippen molar-refractivity contribution >= 4 is 41.5 Å². The van der Waals surface area contributed by atoms with Crippen molar-refractivity contribution in [3.05, 3.63) is 59.4 Å². The third-order valence-electron chi connectivity index (χ3n) is 8.18. The number of aliphatic hydroxyl groups excluding tert-OH is 1. The fourth-order valence-corrected chi connectivity index (χ4v) is 7.66. The number of methoxy groups -OCH3 is 1. The smallest absolute Gasteiger partial charge is 0.421 e. The van der Waals surface area contributed by atoms with Gasteiger partial charge in [0.15, 0.2) is 0 Å². The highest BCUT2D eigenvalue weighted by Gasteiger charge is 2.36. The summed E-state index contributed by atoms with van der Waals surface area (Å²) in [5, 5.41) is 27.8. The Hall–Kier alpha value is -3.84. The van der Waals surface area contributed by atoms with E-state index in [1.165, 1.54) is 11.7 Å². The number of anilines is 4. The number of fused-ring (bicyclic) bond motifs is 1. The summed E-state index contributed by atoms with van der Waals surface area (Å²) in [7, 11) is -0.311. The standard InChI is InChI=1S/C32H39F3N5O6P/c1-5-45-47(43,46-6-2)18-19-7-13-25(27(15-19)44-4)38-31-36-16-24(32(33,34)35)29(39-31)37-26-14-12-22(20-8-10-21(41)11-9-20)23-17-40(3)30(42)28(23)26/h7,12-17,20-21,41-42H,5-6,8-11,18H2,1-4H3,(H2,36,37,38,39). The van der Waals surface area contributed by atoms with Crippen molar-refractivity contribution in [3.63, 3.8) is 0 Å². The van der Waals surface area contributed by atoms with E-state index in [9.17, 15) is 27.9 Å². The van der Waals surface area contributed by atoms with Crippen molar-refractivity contribution in [1.82, 2.24) is 14.5 Å². The second-order valence-electron chi connectivity index (χ2n) is 11.4. The van der Waals surface area contributed by atoms with E-state index in [1.807, 2.05) is 6.07 Å². The second kappa shape index (κ2) is 14.1. The van der Waals surface area contributed by atoms with Gasteiger partial charge in [0, 0.05) is 24.8 Å². The van der Waals surface area contributed by atoms with Crippen molar-refractivity contribution in [3.8, 4) is 11.6 Å². The van der Waals surface area contributed by atoms with E-state index in [0.29, 0.717) is 46.8 Å². The van der Waals surface area contributed by atoms with Crippen molar-refractivity contribution in [2.75, 3.05) is 31.0 Å². The van der Waals surface area contributed by atoms with Gasteiger partial charge in [-0.3, -0.25) is 4.57 Å². The van der Waals surface area contributed by atoms with Gasteiger partial charge in [0.05, 0.1) is 49.4 Å². The molecular formula is C32H39F3N5O6P. The largest absolute Gasteiger partial charge is 0.495 e. The van der Waals surface area contributed by atoms with Crippen LogP contribution in [-0.4, -0.2) is 51.2 Å². The first-order valence-corrected chi connectivity index (χ1v) is 17.1. The lowest BCUT2D eigenvalue weighted by atomic mass is 9.81. The van der Waals surface area contributed by atoms with Gasteiger partial charge in [-0.1, -0.05) is 12.1 Å². The molecule has 0 radical (unpaired) electrons. The number of rotatable bonds is 12. The maximum absolute atomic E-state index is 14.2. The number of aliphatic hydroxyl groups is 1. The number of aromatic nitrogens is 3. The van der Waals surface area contributed by atoms with Crippen LogP contribution in [0.5, 0.6) is 11.6 Å². The van der Waals surface area contributed by atoms with Gasteiger partial charge in [0.1, 0.15) is 17.1 Å². The van der Waals surface area contributed by atoms with Crippen LogP contribution in [0, 0.1) is 0 Å². The topological polar surface area (TPSA) is 140 Å². The third kappa shape index (κ3) is 7.67. The number of aryl methyl sites for hydroxylation is 1. The monoisotopic (exact) mass is 677 g/mol. The van der Waals surface area contributed by atoms with Gasteiger partial charge in [-0.05, 0) is 74.8 Å². The molecule has 0 spiro atoms. The summed E-state index contributed by atoms with van der Waals surface area (Å²) in [6.07, 6.45) is 0.159. The van der Waals surface area contributed by atoms with E-state index in [4.69, 9.17) is 13.8 Å². The molecule has 4 N–H and O–H groups in total. The Morgan fingerprint density at radius 2 is 1.72 bits per heavy atom. The predicted octanol–water partition coefficient (Wildman–Crippen LogP) is 7.97. The molecule has 2 heterocycles. The summed E-state index contributed by atoms with van der Waals surface area (Å²) in [4.78, 5) is 8.11. The predicted molar refractivity (Wildman–Crippen MR) is 173 cm³/mol. The van der Waals surface area contributed by atoms with Gasteiger partial charge in [-0.25, -0.2) is 4.98 Å². The molecule has 0 saturated heterocycles. The number of alkyl halides is 3. The van der Waals surface area contributed by atoms with Crippen LogP contribution in [0.25, 0.3) is 10.8 Å². The summed E-state index contributed by atoms with van der Waals surface area (Å²) >= 11 is 0. The van der Waals surface area contributed by atoms with E-state index in [0.717, 1.165) is 18.4 Å². The van der Waals surface area contributed by atoms with Gasteiger partial charge in [0.25, 0.3) is 0 Å². The number of hydrogen-bond acceptors (Lipinski definition) is 10. The Morgan fingerprint density at radius 3 is 2.36 bits per heavy atom. The maximum Gasteiger partial charge on any atom is 0.421 e. The Kier molecular flexibility index (Phi) is 10.4. The molecule has 47 heavy (non-hydrogen) atoms. The number of nitrogens with one attached hydrogen (secondary N) is 2. The van der Waals surface area contributed by atoms with E-state index in [-0.39, 0.29) is 48.9 Å². The summed E-state index contributed by atoms with van der Waals surface area (Å²) in [5.74, 6) is -0.320. The van der Waals surface area contributed by atoms with E-state index < -0.39 is 25.2 Å². The molecule has 1 aliphatic carbocycles. The third-order valence-corrected chi connectivity index (χ3v) is 10.2. The quantitative estimate of drug-likeness (QED) is 0.109. The maximum atomic E-state index is 14.2. The van der Waals surface area contributed by atoms with Crippen molar-refractivity contribution in [1.29, 1.82) is 0 Å². The molecular weight excluding hydrogens is 638 g/mol. The van der Waals surface area contributed by atoms with E-state index >= 15 is 0 Å². The summed E-state index contributed by atoms with van der Waals surface area (Å²) in [6.45, 7) is 3.86. The van der Waals surface area contributed by atoms with Crippen LogP contribution in [0.4, 0.5) is 36.3 Å². The lowest BCUT2D eigenvalue weighted by Gasteiger charge is -2.26. The number of nitrogens with zero attached hydrogens (tertiary/aromatic N) is 3. The Bertz CT molecular complexity index is 1760. The number of hydrogen-bond donors (Lipinski definition) is 4. The molecule has 1 fully saturated rings. The van der Waals surface area contributed by atoms with E-state index in [2.05, 4.69) is 20.6 Å². The Labute approximate surface area is 270 Å². The number of aromatic hydroxyl groups is 1. The molecule has 15 heteroatoms. The average molecular weight is 678 g/mol. The molecule has 0 unspecified atom stereocenters. The molecule has 0 atom stereocenters. The number of benzene rings is 2. The normalized spacial score (nSPS) is 17.2. The first-order chi connectivity index (χ1) is 22.4. The van der Waals surface area contributed by atoms with Crippen LogP contribution >= 0.6 is 7.60 Å². The summed E-state index contributed by atoms with van der Waals surface area (Å²) in [6, 6.07) is 8.40. The first-order valence-electron chi connectivity index (χ1n) is 15.4. The molecule has 4 aromatic rings. The first kappa shape index (κ1) is 34.5. The summed E-state index contributed by atoms with van der Waals surface area (Å²) in [5.41, 5.74) is 1.07. The Balaban J connectivity index is 1.48. The van der Waals surface area contributed by atoms with Crippen LogP contribution in [-0.2, 0) is 33.0 Å². The van der Waals surface area contributed by atoms with Crippen LogP contribution in [0.15, 0.2) is 42.7 Å². The minimum atomic E-state index is -4.78. The minimum absolute atomic E-state index is 0.00153. The zero-order chi connectivity index (χ0) is 33.9. The molecule has 0 bridgehead atoms. The average Bonchev–Trinajstić information content (AvgIpc) is 3.32. The lowest BCUT2D eigenvalue weighted by molar-refractivity contribution is -0.137. The summed E-state index contributed by atoms with van der Waals surface area (Å²) < 4.78 is 73.3. The van der Waals surface area contributed by atoms with Crippen LogP contribution in [0.1, 0.15) is 62.1 Å². The zero-order valence-corrected chi connectivity index (χ0v) is 27.5. The van der Waals surface area contributed by atoms with Gasteiger partial charge >= 0.3 is 13.8 Å². The minimum Gasteiger partial charge on any atom is -0.495 e. The van der Waals surface area contributed by atoms with E-state index in [1.54, 1.807) is 51.4 Å². The number of halogens is 3. The molecule has 254 valence electrons. The number of ether oxygens (including phenoxy) is 1. The molecule has 2 aromatic carbocycles. The molecule has 2 aromatic heterocycles. The SMILES string of the molecule is CCOP(=O)(Cc1ccc(Nc2ncc(C(F)(F)F)c(Nc3ccc(C4CCC(O)CC4)c4cn(C)c(O)c34)n2)c(OC)c1)OCC. The fraction of sp³-hybridized carbons (Fsp3) is 0.438. The molecule has 11 nitrogen and oxygen atoms in total. The van der Waals surface area contributed by atoms with Crippen molar-refractivity contribution in [2.24, 2.45) is 7.05 Å². The molecule has 0 amide bonds. The second-order valence-corrected chi connectivity index (χ2v) is 13.5. The van der Waals surface area contributed by atoms with Gasteiger partial charge in [-0.15, -0.1) is 0 Å². The zero-order valence-electron chi connectivity index (χ0n) is 26.6. The molecule has 1 aliphatic rings. The molecule has 0 aliphatic heterocycles. The molecule has 5 rings (SSSR count). The van der Waals surface area contributed by atoms with Gasteiger partial charge in [0.2, 0.25) is 11.8 Å². The highest BCUT2D eigenvalue weighted by Crippen LogP contribution is 2.52. The van der Waals surface area contributed by atoms with Crippen LogP contribution in [0.3, 0.4) is 0 Å².